The quantitative estimate of drug-likeness (QED) is 0.628. The van der Waals surface area contributed by atoms with E-state index in [2.05, 4.69) is 0 Å². The van der Waals surface area contributed by atoms with Crippen LogP contribution in [0.1, 0.15) is 13.3 Å². The number of nitrogens with one attached hydrogen (secondary N) is 1. The lowest BCUT2D eigenvalue weighted by atomic mass is 10.2. The van der Waals surface area contributed by atoms with Crippen LogP contribution < -0.4 is 5.32 Å². The van der Waals surface area contributed by atoms with Crippen LogP contribution in [-0.4, -0.2) is 31.7 Å². The van der Waals surface area contributed by atoms with Crippen LogP contribution in [0.5, 0.6) is 0 Å². The van der Waals surface area contributed by atoms with Gasteiger partial charge in [0.2, 0.25) is 15.9 Å². The van der Waals surface area contributed by atoms with Crippen molar-refractivity contribution in [2.24, 2.45) is 0 Å². The Bertz CT molecular complexity index is 983. The number of halogens is 5. The number of amides is 1. The topological polar surface area (TPSA) is 66.5 Å². The number of sulfonamides is 1. The third kappa shape index (κ3) is 5.16. The first-order chi connectivity index (χ1) is 13.1. The van der Waals surface area contributed by atoms with Crippen LogP contribution in [0.15, 0.2) is 35.2 Å². The Morgan fingerprint density at radius 1 is 1.07 bits per heavy atom. The van der Waals surface area contributed by atoms with Crippen molar-refractivity contribution >= 4 is 44.8 Å². The van der Waals surface area contributed by atoms with Gasteiger partial charge in [-0.15, -0.1) is 0 Å². The van der Waals surface area contributed by atoms with Crippen LogP contribution in [-0.2, 0) is 14.8 Å². The van der Waals surface area contributed by atoms with Gasteiger partial charge in [-0.25, -0.2) is 21.6 Å². The highest BCUT2D eigenvalue weighted by Gasteiger charge is 2.27. The van der Waals surface area contributed by atoms with Gasteiger partial charge < -0.3 is 5.32 Å². The van der Waals surface area contributed by atoms with Gasteiger partial charge in [-0.3, -0.25) is 4.79 Å². The fraction of sp³-hybridized carbons (Fsp3) is 0.235. The number of rotatable bonds is 7. The molecule has 0 radical (unpaired) electrons. The monoisotopic (exact) mass is 454 g/mol. The molecule has 0 saturated heterocycles. The first-order valence-electron chi connectivity index (χ1n) is 7.95. The lowest BCUT2D eigenvalue weighted by Gasteiger charge is -2.21. The molecule has 0 aliphatic carbocycles. The van der Waals surface area contributed by atoms with Crippen molar-refractivity contribution in [2.45, 2.75) is 18.2 Å². The maximum atomic E-state index is 13.7. The fourth-order valence-electron chi connectivity index (χ4n) is 2.33. The Morgan fingerprint density at radius 3 is 2.25 bits per heavy atom. The Hall–Kier alpha value is -1.81. The van der Waals surface area contributed by atoms with Gasteiger partial charge >= 0.3 is 0 Å². The summed E-state index contributed by atoms with van der Waals surface area (Å²) in [6.45, 7) is 0.985. The van der Waals surface area contributed by atoms with Crippen molar-refractivity contribution in [3.05, 3.63) is 57.8 Å². The highest BCUT2D eigenvalue weighted by atomic mass is 35.5. The number of nitrogens with zero attached hydrogens (tertiary/aromatic N) is 1. The predicted octanol–water partition coefficient (Wildman–Crippen LogP) is 4.45. The fourth-order valence-corrected chi connectivity index (χ4v) is 4.55. The molecule has 1 N–H and O–H groups in total. The van der Waals surface area contributed by atoms with E-state index >= 15 is 0 Å². The molecule has 0 aliphatic heterocycles. The summed E-state index contributed by atoms with van der Waals surface area (Å²) in [5.74, 6) is -5.68. The van der Waals surface area contributed by atoms with Crippen molar-refractivity contribution in [1.82, 2.24) is 4.31 Å². The van der Waals surface area contributed by atoms with Gasteiger partial charge in [0.05, 0.1) is 17.1 Å². The minimum absolute atomic E-state index is 0.0276. The third-order valence-corrected chi connectivity index (χ3v) is 5.84. The summed E-state index contributed by atoms with van der Waals surface area (Å²) in [6, 6.07) is 5.19. The van der Waals surface area contributed by atoms with Crippen LogP contribution in [0.2, 0.25) is 10.0 Å². The molecule has 28 heavy (non-hydrogen) atoms. The van der Waals surface area contributed by atoms with Gasteiger partial charge in [-0.2, -0.15) is 4.31 Å². The smallest absolute Gasteiger partial charge is 0.243 e. The first kappa shape index (κ1) is 22.5. The van der Waals surface area contributed by atoms with E-state index in [1.165, 1.54) is 18.2 Å². The highest BCUT2D eigenvalue weighted by molar-refractivity contribution is 7.89. The van der Waals surface area contributed by atoms with Crippen LogP contribution in [0.25, 0.3) is 0 Å². The minimum atomic E-state index is -4.14. The second-order valence-corrected chi connectivity index (χ2v) is 8.53. The van der Waals surface area contributed by atoms with Gasteiger partial charge in [0, 0.05) is 16.6 Å². The molecule has 0 atom stereocenters. The lowest BCUT2D eigenvalue weighted by molar-refractivity contribution is -0.116. The number of hydrogen-bond acceptors (Lipinski definition) is 3. The summed E-state index contributed by atoms with van der Waals surface area (Å²) in [5.41, 5.74) is -0.608. The summed E-state index contributed by atoms with van der Waals surface area (Å²) in [4.78, 5) is 12.0. The van der Waals surface area contributed by atoms with Crippen molar-refractivity contribution in [1.29, 1.82) is 0 Å². The Kier molecular flexibility index (Phi) is 7.33. The van der Waals surface area contributed by atoms with Crippen LogP contribution in [0, 0.1) is 17.5 Å². The molecule has 0 aromatic heterocycles. The van der Waals surface area contributed by atoms with Crippen molar-refractivity contribution < 1.29 is 26.4 Å². The number of carbonyl (C=O) groups is 1. The summed E-state index contributed by atoms with van der Waals surface area (Å²) >= 11 is 11.7. The van der Waals surface area contributed by atoms with E-state index in [0.717, 1.165) is 10.4 Å². The van der Waals surface area contributed by atoms with Gasteiger partial charge in [-0.05, 0) is 36.8 Å². The Balaban J connectivity index is 2.26. The van der Waals surface area contributed by atoms with Crippen molar-refractivity contribution in [3.63, 3.8) is 0 Å². The lowest BCUT2D eigenvalue weighted by Crippen LogP contribution is -2.38. The molecule has 2 rings (SSSR count). The summed E-state index contributed by atoms with van der Waals surface area (Å²) in [7, 11) is -4.14. The summed E-state index contributed by atoms with van der Waals surface area (Å²) in [5, 5.41) is 2.22. The van der Waals surface area contributed by atoms with E-state index in [1.54, 1.807) is 6.92 Å². The molecule has 152 valence electrons. The average molecular weight is 455 g/mol. The minimum Gasteiger partial charge on any atom is -0.322 e. The Labute approximate surface area is 170 Å². The largest absolute Gasteiger partial charge is 0.322 e. The number of carbonyl (C=O) groups excluding carboxylic acids is 1. The van der Waals surface area contributed by atoms with Crippen LogP contribution >= 0.6 is 23.2 Å². The molecule has 0 aliphatic rings. The van der Waals surface area contributed by atoms with Gasteiger partial charge in [0.15, 0.2) is 17.5 Å². The zero-order valence-corrected chi connectivity index (χ0v) is 16.8. The molecular formula is C17H15Cl2F3N2O3S. The standard InChI is InChI=1S/C17H15Cl2F3N2O3S/c1-2-5-24(28(26,27)12-7-10(18)6-11(19)8-12)9-15(25)23-14-4-3-13(20)16(21)17(14)22/h3-4,6-8H,2,5,9H2,1H3,(H,23,25). The first-order valence-corrected chi connectivity index (χ1v) is 10.2. The van der Waals surface area contributed by atoms with E-state index in [1.807, 2.05) is 5.32 Å². The Morgan fingerprint density at radius 2 is 1.68 bits per heavy atom. The molecule has 1 amide bonds. The zero-order chi connectivity index (χ0) is 21.1. The van der Waals surface area contributed by atoms with Gasteiger partial charge in [0.1, 0.15) is 0 Å². The molecular weight excluding hydrogens is 440 g/mol. The number of benzene rings is 2. The zero-order valence-electron chi connectivity index (χ0n) is 14.5. The second kappa shape index (κ2) is 9.13. The van der Waals surface area contributed by atoms with Gasteiger partial charge in [0.25, 0.3) is 0 Å². The summed E-state index contributed by atoms with van der Waals surface area (Å²) in [6.07, 6.45) is 0.375. The third-order valence-electron chi connectivity index (χ3n) is 3.58. The van der Waals surface area contributed by atoms with E-state index in [9.17, 15) is 26.4 Å². The second-order valence-electron chi connectivity index (χ2n) is 5.71. The van der Waals surface area contributed by atoms with Crippen molar-refractivity contribution in [2.75, 3.05) is 18.4 Å². The van der Waals surface area contributed by atoms with Crippen LogP contribution in [0.4, 0.5) is 18.9 Å². The maximum Gasteiger partial charge on any atom is 0.243 e. The molecule has 0 spiro atoms. The average Bonchev–Trinajstić information content (AvgIpc) is 2.61. The van der Waals surface area contributed by atoms with E-state index in [-0.39, 0.29) is 21.5 Å². The molecule has 0 saturated carbocycles. The molecule has 0 heterocycles. The van der Waals surface area contributed by atoms with E-state index in [4.69, 9.17) is 23.2 Å². The maximum absolute atomic E-state index is 13.7. The predicted molar refractivity (Wildman–Crippen MR) is 100 cm³/mol. The van der Waals surface area contributed by atoms with E-state index < -0.39 is 45.6 Å². The number of hydrogen-bond donors (Lipinski definition) is 1. The molecule has 0 unspecified atom stereocenters. The normalized spacial score (nSPS) is 11.7. The molecule has 2 aromatic carbocycles. The molecule has 2 aromatic rings. The van der Waals surface area contributed by atoms with Crippen LogP contribution in [0.3, 0.4) is 0 Å². The SMILES string of the molecule is CCCN(CC(=O)Nc1ccc(F)c(F)c1F)S(=O)(=O)c1cc(Cl)cc(Cl)c1. The summed E-state index contributed by atoms with van der Waals surface area (Å²) < 4.78 is 66.5. The number of anilines is 1. The molecule has 11 heteroatoms. The van der Waals surface area contributed by atoms with Gasteiger partial charge in [-0.1, -0.05) is 30.1 Å². The van der Waals surface area contributed by atoms with E-state index in [0.29, 0.717) is 12.5 Å². The molecule has 0 bridgehead atoms. The molecule has 5 nitrogen and oxygen atoms in total. The van der Waals surface area contributed by atoms with Crippen molar-refractivity contribution in [3.8, 4) is 0 Å². The highest BCUT2D eigenvalue weighted by Crippen LogP contribution is 2.25. The molecule has 0 fully saturated rings.